The number of nitrogens with two attached hydrogens (primary N) is 1. The highest BCUT2D eigenvalue weighted by Gasteiger charge is 2.20. The minimum Gasteiger partial charge on any atom is -0.380 e. The molecule has 4 N–H and O–H groups in total. The first-order valence-electron chi connectivity index (χ1n) is 7.87. The van der Waals surface area contributed by atoms with Crippen LogP contribution in [0.4, 0.5) is 5.69 Å². The lowest BCUT2D eigenvalue weighted by atomic mass is 10.0. The van der Waals surface area contributed by atoms with Gasteiger partial charge in [-0.2, -0.15) is 0 Å². The molecular formula is C17H26ClN3O3. The van der Waals surface area contributed by atoms with Gasteiger partial charge in [-0.05, 0) is 38.5 Å². The lowest BCUT2D eigenvalue weighted by Gasteiger charge is -2.24. The van der Waals surface area contributed by atoms with Gasteiger partial charge >= 0.3 is 0 Å². The topological polar surface area (TPSA) is 93.5 Å². The van der Waals surface area contributed by atoms with E-state index in [9.17, 15) is 9.59 Å². The van der Waals surface area contributed by atoms with Gasteiger partial charge in [-0.25, -0.2) is 0 Å². The van der Waals surface area contributed by atoms with Crippen molar-refractivity contribution in [2.24, 2.45) is 5.73 Å². The van der Waals surface area contributed by atoms with Crippen molar-refractivity contribution in [3.8, 4) is 0 Å². The summed E-state index contributed by atoms with van der Waals surface area (Å²) in [5.41, 5.74) is 6.06. The Hall–Kier alpha value is -1.63. The third kappa shape index (κ3) is 6.11. The first kappa shape index (κ1) is 20.4. The van der Waals surface area contributed by atoms with E-state index in [1.807, 2.05) is 20.8 Å². The Kier molecular flexibility index (Phi) is 7.66. The molecule has 0 aliphatic carbocycles. The molecule has 0 aliphatic heterocycles. The van der Waals surface area contributed by atoms with Crippen molar-refractivity contribution in [2.75, 3.05) is 19.0 Å². The quantitative estimate of drug-likeness (QED) is 0.668. The van der Waals surface area contributed by atoms with Crippen LogP contribution in [-0.2, 0) is 9.53 Å². The van der Waals surface area contributed by atoms with Crippen LogP contribution in [0.5, 0.6) is 0 Å². The summed E-state index contributed by atoms with van der Waals surface area (Å²) < 4.78 is 5.07. The zero-order chi connectivity index (χ0) is 18.3. The number of amides is 2. The summed E-state index contributed by atoms with van der Waals surface area (Å²) >= 11 is 6.18. The first-order chi connectivity index (χ1) is 11.2. The molecule has 0 spiro atoms. The highest BCUT2D eigenvalue weighted by molar-refractivity contribution is 6.34. The number of halogens is 1. The molecular weight excluding hydrogens is 330 g/mol. The molecule has 1 rings (SSSR count). The van der Waals surface area contributed by atoms with E-state index in [-0.39, 0.29) is 41.4 Å². The standard InChI is InChI=1S/C17H26ClN3O3/c1-5-17(2,3)21-16(23)13-7-6-11(8-14(13)18)20-15(22)9-12(10-19)24-4/h6-8,12H,5,9-10,19H2,1-4H3,(H,20,22)(H,21,23). The number of nitrogens with one attached hydrogen (secondary N) is 2. The molecule has 6 nitrogen and oxygen atoms in total. The molecule has 7 heteroatoms. The maximum absolute atomic E-state index is 12.3. The Morgan fingerprint density at radius 1 is 1.38 bits per heavy atom. The Morgan fingerprint density at radius 2 is 2.04 bits per heavy atom. The lowest BCUT2D eigenvalue weighted by molar-refractivity contribution is -0.118. The maximum atomic E-state index is 12.3. The van der Waals surface area contributed by atoms with E-state index in [4.69, 9.17) is 22.1 Å². The van der Waals surface area contributed by atoms with Crippen molar-refractivity contribution in [1.82, 2.24) is 5.32 Å². The van der Waals surface area contributed by atoms with E-state index in [0.29, 0.717) is 11.3 Å². The van der Waals surface area contributed by atoms with E-state index in [1.165, 1.54) is 7.11 Å². The predicted octanol–water partition coefficient (Wildman–Crippen LogP) is 2.56. The van der Waals surface area contributed by atoms with Gasteiger partial charge in [0.2, 0.25) is 5.91 Å². The van der Waals surface area contributed by atoms with Gasteiger partial charge in [-0.1, -0.05) is 18.5 Å². The third-order valence-corrected chi connectivity index (χ3v) is 4.16. The molecule has 24 heavy (non-hydrogen) atoms. The number of rotatable bonds is 8. The average molecular weight is 356 g/mol. The molecule has 0 aromatic heterocycles. The summed E-state index contributed by atoms with van der Waals surface area (Å²) in [4.78, 5) is 24.2. The minimum atomic E-state index is -0.332. The van der Waals surface area contributed by atoms with E-state index < -0.39 is 0 Å². The third-order valence-electron chi connectivity index (χ3n) is 3.84. The van der Waals surface area contributed by atoms with Crippen LogP contribution in [-0.4, -0.2) is 37.1 Å². The Labute approximate surface area is 148 Å². The Bertz CT molecular complexity index is 586. The zero-order valence-corrected chi connectivity index (χ0v) is 15.4. The SMILES string of the molecule is CCC(C)(C)NC(=O)c1ccc(NC(=O)CC(CN)OC)cc1Cl. The van der Waals surface area contributed by atoms with Crippen LogP contribution in [0.2, 0.25) is 5.02 Å². The van der Waals surface area contributed by atoms with Gasteiger partial charge in [0.25, 0.3) is 5.91 Å². The minimum absolute atomic E-state index is 0.150. The smallest absolute Gasteiger partial charge is 0.253 e. The molecule has 1 aromatic rings. The highest BCUT2D eigenvalue weighted by Crippen LogP contribution is 2.22. The molecule has 0 fully saturated rings. The summed E-state index contributed by atoms with van der Waals surface area (Å²) in [6, 6.07) is 4.79. The van der Waals surface area contributed by atoms with E-state index in [2.05, 4.69) is 10.6 Å². The largest absolute Gasteiger partial charge is 0.380 e. The van der Waals surface area contributed by atoms with Gasteiger partial charge in [-0.15, -0.1) is 0 Å². The average Bonchev–Trinajstić information content (AvgIpc) is 2.52. The fourth-order valence-electron chi connectivity index (χ4n) is 1.92. The fourth-order valence-corrected chi connectivity index (χ4v) is 2.19. The van der Waals surface area contributed by atoms with Crippen LogP contribution in [0, 0.1) is 0 Å². The summed E-state index contributed by atoms with van der Waals surface area (Å²) in [5, 5.41) is 5.92. The summed E-state index contributed by atoms with van der Waals surface area (Å²) in [7, 11) is 1.51. The monoisotopic (exact) mass is 355 g/mol. The molecule has 0 aliphatic rings. The molecule has 1 unspecified atom stereocenters. The number of hydrogen-bond acceptors (Lipinski definition) is 4. The van der Waals surface area contributed by atoms with Crippen molar-refractivity contribution < 1.29 is 14.3 Å². The van der Waals surface area contributed by atoms with Crippen molar-refractivity contribution in [1.29, 1.82) is 0 Å². The second kappa shape index (κ2) is 9.01. The number of benzene rings is 1. The molecule has 1 atom stereocenters. The fraction of sp³-hybridized carbons (Fsp3) is 0.529. The highest BCUT2D eigenvalue weighted by atomic mass is 35.5. The molecule has 134 valence electrons. The Morgan fingerprint density at radius 3 is 2.54 bits per heavy atom. The van der Waals surface area contributed by atoms with Crippen LogP contribution in [0.15, 0.2) is 18.2 Å². The molecule has 1 aromatic carbocycles. The molecule has 0 bridgehead atoms. The van der Waals surface area contributed by atoms with Crippen molar-refractivity contribution >= 4 is 29.1 Å². The van der Waals surface area contributed by atoms with E-state index in [1.54, 1.807) is 18.2 Å². The molecule has 0 saturated heterocycles. The van der Waals surface area contributed by atoms with Gasteiger partial charge in [0.05, 0.1) is 23.1 Å². The summed E-state index contributed by atoms with van der Waals surface area (Å²) in [5.74, 6) is -0.472. The molecule has 0 heterocycles. The van der Waals surface area contributed by atoms with Gasteiger partial charge < -0.3 is 21.1 Å². The van der Waals surface area contributed by atoms with Crippen molar-refractivity contribution in [3.05, 3.63) is 28.8 Å². The number of hydrogen-bond donors (Lipinski definition) is 3. The number of anilines is 1. The van der Waals surface area contributed by atoms with Crippen LogP contribution in [0.1, 0.15) is 44.0 Å². The van der Waals surface area contributed by atoms with Crippen LogP contribution in [0.25, 0.3) is 0 Å². The normalized spacial score (nSPS) is 12.6. The number of carbonyl (C=O) groups is 2. The predicted molar refractivity (Wildman–Crippen MR) is 96.4 cm³/mol. The van der Waals surface area contributed by atoms with Gasteiger partial charge in [0.1, 0.15) is 0 Å². The van der Waals surface area contributed by atoms with Crippen LogP contribution < -0.4 is 16.4 Å². The van der Waals surface area contributed by atoms with E-state index >= 15 is 0 Å². The second-order valence-electron chi connectivity index (χ2n) is 6.23. The summed E-state index contributed by atoms with van der Waals surface area (Å²) in [6.45, 7) is 6.14. The number of carbonyl (C=O) groups excluding carboxylic acids is 2. The Balaban J connectivity index is 2.77. The van der Waals surface area contributed by atoms with Gasteiger partial charge in [0, 0.05) is 24.9 Å². The van der Waals surface area contributed by atoms with Gasteiger partial charge in [0.15, 0.2) is 0 Å². The maximum Gasteiger partial charge on any atom is 0.253 e. The molecule has 0 saturated carbocycles. The molecule has 2 amide bonds. The number of methoxy groups -OCH3 is 1. The first-order valence-corrected chi connectivity index (χ1v) is 8.25. The van der Waals surface area contributed by atoms with Crippen LogP contribution in [0.3, 0.4) is 0 Å². The lowest BCUT2D eigenvalue weighted by Crippen LogP contribution is -2.42. The zero-order valence-electron chi connectivity index (χ0n) is 14.6. The number of ether oxygens (including phenoxy) is 1. The molecule has 0 radical (unpaired) electrons. The van der Waals surface area contributed by atoms with Crippen LogP contribution >= 0.6 is 11.6 Å². The van der Waals surface area contributed by atoms with Crippen molar-refractivity contribution in [2.45, 2.75) is 45.3 Å². The second-order valence-corrected chi connectivity index (χ2v) is 6.64. The van der Waals surface area contributed by atoms with E-state index in [0.717, 1.165) is 6.42 Å². The summed E-state index contributed by atoms with van der Waals surface area (Å²) in [6.07, 6.45) is 0.617. The van der Waals surface area contributed by atoms with Crippen molar-refractivity contribution in [3.63, 3.8) is 0 Å². The van der Waals surface area contributed by atoms with Gasteiger partial charge in [-0.3, -0.25) is 9.59 Å².